The fourth-order valence-corrected chi connectivity index (χ4v) is 6.19. The molecule has 1 saturated heterocycles. The number of hydrogen-bond acceptors (Lipinski definition) is 6. The number of amides is 3. The molecule has 1 aromatic heterocycles. The summed E-state index contributed by atoms with van der Waals surface area (Å²) in [7, 11) is 1.50. The molecule has 0 radical (unpaired) electrons. The Morgan fingerprint density at radius 3 is 2.59 bits per heavy atom. The van der Waals surface area contributed by atoms with E-state index in [0.29, 0.717) is 11.1 Å². The van der Waals surface area contributed by atoms with Gasteiger partial charge in [0.05, 0.1) is 18.7 Å². The minimum atomic E-state index is -3.16. The van der Waals surface area contributed by atoms with Crippen molar-refractivity contribution >= 4 is 34.9 Å². The molecule has 2 aromatic carbocycles. The summed E-state index contributed by atoms with van der Waals surface area (Å²) in [6, 6.07) is 10.7. The summed E-state index contributed by atoms with van der Waals surface area (Å²) < 4.78 is 35.1. The Morgan fingerprint density at radius 2 is 1.88 bits per heavy atom. The second-order valence-corrected chi connectivity index (χ2v) is 11.0. The maximum Gasteiger partial charge on any atom is 0.299 e. The number of nitrogens with two attached hydrogens (primary N) is 1. The van der Waals surface area contributed by atoms with Gasteiger partial charge in [-0.25, -0.2) is 0 Å². The second-order valence-electron chi connectivity index (χ2n) is 10.1. The lowest BCUT2D eigenvalue weighted by Crippen LogP contribution is -2.49. The van der Waals surface area contributed by atoms with Crippen LogP contribution in [0.2, 0.25) is 0 Å². The number of nitrogens with zero attached hydrogens (tertiary/aromatic N) is 1. The van der Waals surface area contributed by atoms with Crippen LogP contribution in [-0.2, 0) is 20.2 Å². The molecule has 1 aliphatic carbocycles. The zero-order valence-corrected chi connectivity index (χ0v) is 23.2. The van der Waals surface area contributed by atoms with Crippen molar-refractivity contribution < 1.29 is 27.9 Å². The molecule has 0 unspecified atom stereocenters. The van der Waals surface area contributed by atoms with Crippen molar-refractivity contribution in [1.29, 1.82) is 5.41 Å². The molecule has 1 fully saturated rings. The average Bonchev–Trinajstić information content (AvgIpc) is 3.68. The van der Waals surface area contributed by atoms with Crippen molar-refractivity contribution in [2.75, 3.05) is 20.2 Å². The molecule has 41 heavy (non-hydrogen) atoms. The molecule has 3 atom stereocenters. The molecule has 0 saturated carbocycles. The van der Waals surface area contributed by atoms with Gasteiger partial charge in [-0.2, -0.15) is 8.78 Å². The molecule has 0 bridgehead atoms. The predicted octanol–water partition coefficient (Wildman–Crippen LogP) is 3.38. The van der Waals surface area contributed by atoms with Gasteiger partial charge in [-0.15, -0.1) is 11.3 Å². The molecular weight excluding hydrogens is 552 g/mol. The number of benzene rings is 2. The van der Waals surface area contributed by atoms with Gasteiger partial charge < -0.3 is 26.0 Å². The highest BCUT2D eigenvalue weighted by atomic mass is 32.1. The molecule has 3 aromatic rings. The Morgan fingerprint density at radius 1 is 1.15 bits per heavy atom. The molecule has 9 nitrogen and oxygen atoms in total. The quantitative estimate of drug-likeness (QED) is 0.239. The van der Waals surface area contributed by atoms with Crippen LogP contribution in [0.1, 0.15) is 51.3 Å². The number of alkyl halides is 2. The number of thiophene rings is 1. The number of carbonyl (C=O) groups excluding carboxylic acids is 3. The predicted molar refractivity (Wildman–Crippen MR) is 150 cm³/mol. The first-order valence-corrected chi connectivity index (χ1v) is 13.8. The van der Waals surface area contributed by atoms with E-state index < -0.39 is 23.8 Å². The number of likely N-dealkylation sites (tertiary alicyclic amines) is 1. The fraction of sp³-hybridized carbons (Fsp3) is 0.310. The number of amidine groups is 1. The number of fused-ring (bicyclic) bond motifs is 3. The third kappa shape index (κ3) is 5.32. The Kier molecular flexibility index (Phi) is 7.62. The van der Waals surface area contributed by atoms with Crippen LogP contribution in [-0.4, -0.2) is 60.8 Å². The molecule has 2 aliphatic rings. The number of nitrogen functional groups attached to an aromatic ring is 1. The van der Waals surface area contributed by atoms with Crippen LogP contribution in [0.15, 0.2) is 53.9 Å². The maximum absolute atomic E-state index is 14.9. The number of carbonyl (C=O) groups is 3. The van der Waals surface area contributed by atoms with E-state index in [1.165, 1.54) is 47.6 Å². The van der Waals surface area contributed by atoms with Gasteiger partial charge in [-0.1, -0.05) is 30.3 Å². The van der Waals surface area contributed by atoms with Gasteiger partial charge >= 0.3 is 0 Å². The first-order valence-electron chi connectivity index (χ1n) is 13.0. The van der Waals surface area contributed by atoms with Crippen LogP contribution in [0.4, 0.5) is 8.78 Å². The van der Waals surface area contributed by atoms with E-state index in [1.54, 1.807) is 36.6 Å². The summed E-state index contributed by atoms with van der Waals surface area (Å²) in [6.07, 6.45) is -0.0683. The SMILES string of the molecule is CO[C@@H]1C[C@@H](C(=O)N[C@H](C)c2cc(C(=N)N)cs2)N(C(=O)CNC(=O)c2ccc3c(c2)-c2ccccc2C3(F)F)C1. The summed E-state index contributed by atoms with van der Waals surface area (Å²) in [4.78, 5) is 41.5. The highest BCUT2D eigenvalue weighted by Crippen LogP contribution is 2.50. The zero-order chi connectivity index (χ0) is 29.5. The Bertz CT molecular complexity index is 1540. The van der Waals surface area contributed by atoms with Crippen LogP contribution in [0.5, 0.6) is 0 Å². The zero-order valence-electron chi connectivity index (χ0n) is 22.4. The van der Waals surface area contributed by atoms with Crippen molar-refractivity contribution in [3.05, 3.63) is 81.0 Å². The first kappa shape index (κ1) is 28.4. The number of methoxy groups -OCH3 is 1. The monoisotopic (exact) mass is 581 g/mol. The van der Waals surface area contributed by atoms with E-state index >= 15 is 0 Å². The molecule has 1 aliphatic heterocycles. The third-order valence-electron chi connectivity index (χ3n) is 7.51. The molecular formula is C29H29F2N5O4S. The van der Waals surface area contributed by atoms with E-state index in [9.17, 15) is 23.2 Å². The number of halogens is 2. The number of nitrogens with one attached hydrogen (secondary N) is 3. The highest BCUT2D eigenvalue weighted by molar-refractivity contribution is 7.10. The largest absolute Gasteiger partial charge is 0.384 e. The summed E-state index contributed by atoms with van der Waals surface area (Å²) in [5.74, 6) is -4.65. The van der Waals surface area contributed by atoms with Crippen LogP contribution >= 0.6 is 11.3 Å². The molecule has 12 heteroatoms. The van der Waals surface area contributed by atoms with Gasteiger partial charge in [0.1, 0.15) is 11.9 Å². The van der Waals surface area contributed by atoms with Crippen molar-refractivity contribution in [2.45, 2.75) is 37.5 Å². The van der Waals surface area contributed by atoms with Gasteiger partial charge in [0, 0.05) is 52.6 Å². The van der Waals surface area contributed by atoms with E-state index in [0.717, 1.165) is 4.88 Å². The summed E-state index contributed by atoms with van der Waals surface area (Å²) in [5, 5.41) is 14.8. The van der Waals surface area contributed by atoms with Crippen molar-refractivity contribution in [3.8, 4) is 11.1 Å². The van der Waals surface area contributed by atoms with Gasteiger partial charge in [-0.3, -0.25) is 19.8 Å². The smallest absolute Gasteiger partial charge is 0.299 e. The molecule has 5 N–H and O–H groups in total. The second kappa shape index (κ2) is 11.0. The minimum absolute atomic E-state index is 0.0637. The van der Waals surface area contributed by atoms with Crippen LogP contribution < -0.4 is 16.4 Å². The number of hydrogen-bond donors (Lipinski definition) is 4. The molecule has 5 rings (SSSR count). The highest BCUT2D eigenvalue weighted by Gasteiger charge is 2.44. The standard InChI is InChI=1S/C29H29F2N5O4S/c1-15(24-10-17(14-41-24)26(32)33)35-28(39)23-11-18(40-2)13-36(23)25(37)12-34-27(38)16-7-8-22-20(9-16)19-5-3-4-6-21(19)29(22,30)31/h3-10,14-15,18,23H,11-13H2,1-2H3,(H3,32,33)(H,34,38)(H,35,39)/t15-,18-,23+/m1/s1. The topological polar surface area (TPSA) is 138 Å². The lowest BCUT2D eigenvalue weighted by Gasteiger charge is -2.25. The van der Waals surface area contributed by atoms with Crippen molar-refractivity contribution in [3.63, 3.8) is 0 Å². The van der Waals surface area contributed by atoms with Crippen molar-refractivity contribution in [2.24, 2.45) is 5.73 Å². The summed E-state index contributed by atoms with van der Waals surface area (Å²) >= 11 is 1.37. The molecule has 2 heterocycles. The summed E-state index contributed by atoms with van der Waals surface area (Å²) in [5.41, 5.74) is 6.61. The lowest BCUT2D eigenvalue weighted by molar-refractivity contribution is -0.138. The normalized spacial score (nSPS) is 19.3. The van der Waals surface area contributed by atoms with Crippen molar-refractivity contribution in [1.82, 2.24) is 15.5 Å². The maximum atomic E-state index is 14.9. The van der Waals surface area contributed by atoms with Gasteiger partial charge in [0.15, 0.2) is 0 Å². The Hall–Kier alpha value is -4.16. The van der Waals surface area contributed by atoms with Gasteiger partial charge in [0.2, 0.25) is 11.8 Å². The van der Waals surface area contributed by atoms with Crippen LogP contribution in [0, 0.1) is 5.41 Å². The fourth-order valence-electron chi connectivity index (χ4n) is 5.27. The van der Waals surface area contributed by atoms with Crippen LogP contribution in [0.25, 0.3) is 11.1 Å². The van der Waals surface area contributed by atoms with E-state index in [1.807, 2.05) is 0 Å². The Labute approximate surface area is 239 Å². The molecule has 3 amide bonds. The number of ether oxygens (including phenoxy) is 1. The summed E-state index contributed by atoms with van der Waals surface area (Å²) in [6.45, 7) is 1.59. The lowest BCUT2D eigenvalue weighted by atomic mass is 10.0. The molecule has 214 valence electrons. The average molecular weight is 582 g/mol. The molecule has 0 spiro atoms. The third-order valence-corrected chi connectivity index (χ3v) is 8.63. The van der Waals surface area contributed by atoms with Gasteiger partial charge in [-0.05, 0) is 36.2 Å². The Balaban J connectivity index is 1.25. The number of rotatable bonds is 8. The van der Waals surface area contributed by atoms with E-state index in [2.05, 4.69) is 10.6 Å². The minimum Gasteiger partial charge on any atom is -0.384 e. The first-order chi connectivity index (χ1) is 19.5. The van der Waals surface area contributed by atoms with Crippen LogP contribution in [0.3, 0.4) is 0 Å². The van der Waals surface area contributed by atoms with Gasteiger partial charge in [0.25, 0.3) is 11.8 Å². The van der Waals surface area contributed by atoms with E-state index in [4.69, 9.17) is 15.9 Å². The van der Waals surface area contributed by atoms with E-state index in [-0.39, 0.29) is 65.7 Å².